The zero-order chi connectivity index (χ0) is 8.97. The molecule has 63 valence electrons. The summed E-state index contributed by atoms with van der Waals surface area (Å²) < 4.78 is 0. The first-order chi connectivity index (χ1) is 5.70. The molecule has 0 aliphatic carbocycles. The Kier molecular flexibility index (Phi) is 3.38. The number of carbonyl (C=O) groups is 1. The maximum Gasteiger partial charge on any atom is 0.257 e. The molecule has 1 rings (SSSR count). The second kappa shape index (κ2) is 4.33. The molecule has 0 unspecified atom stereocenters. The van der Waals surface area contributed by atoms with Crippen molar-refractivity contribution in [3.63, 3.8) is 0 Å². The van der Waals surface area contributed by atoms with Gasteiger partial charge in [-0.15, -0.1) is 0 Å². The van der Waals surface area contributed by atoms with Crippen LogP contribution in [0.15, 0.2) is 24.3 Å². The summed E-state index contributed by atoms with van der Waals surface area (Å²) in [6.45, 7) is 0. The van der Waals surface area contributed by atoms with Crippen LogP contribution >= 0.6 is 23.2 Å². The lowest BCUT2D eigenvalue weighted by Gasteiger charge is -2.03. The van der Waals surface area contributed by atoms with E-state index in [1.807, 2.05) is 0 Å². The second-order valence-electron chi connectivity index (χ2n) is 2.08. The topological polar surface area (TPSA) is 29.1 Å². The van der Waals surface area contributed by atoms with Crippen LogP contribution in [0.25, 0.3) is 0 Å². The number of halogens is 2. The molecular weight excluding hydrogens is 197 g/mol. The van der Waals surface area contributed by atoms with Crippen molar-refractivity contribution < 1.29 is 4.79 Å². The van der Waals surface area contributed by atoms with Gasteiger partial charge in [0.05, 0.1) is 0 Å². The highest BCUT2D eigenvalue weighted by Crippen LogP contribution is 2.08. The molecule has 4 heteroatoms. The predicted molar refractivity (Wildman–Crippen MR) is 49.4 cm³/mol. The first-order valence-electron chi connectivity index (χ1n) is 3.25. The normalized spacial score (nSPS) is 9.92. The Labute approximate surface area is 80.5 Å². The van der Waals surface area contributed by atoms with Crippen molar-refractivity contribution in [2.24, 2.45) is 0 Å². The Morgan fingerprint density at radius 3 is 2.50 bits per heavy atom. The van der Waals surface area contributed by atoms with Gasteiger partial charge in [-0.05, 0) is 18.2 Å². The molecule has 1 N–H and O–H groups in total. The third kappa shape index (κ3) is 2.72. The highest BCUT2D eigenvalue weighted by molar-refractivity contribution is 6.54. The third-order valence-electron chi connectivity index (χ3n) is 1.18. The number of nitrogens with one attached hydrogen (secondary N) is 1. The van der Waals surface area contributed by atoms with Crippen molar-refractivity contribution in [3.05, 3.63) is 30.3 Å². The van der Waals surface area contributed by atoms with E-state index in [9.17, 15) is 4.79 Å². The van der Waals surface area contributed by atoms with Crippen LogP contribution in [0.3, 0.4) is 0 Å². The van der Waals surface area contributed by atoms with Crippen LogP contribution in [-0.2, 0) is 4.79 Å². The van der Waals surface area contributed by atoms with Gasteiger partial charge < -0.3 is 5.32 Å². The Balaban J connectivity index is 2.59. The maximum absolute atomic E-state index is 10.9. The predicted octanol–water partition coefficient (Wildman–Crippen LogP) is 2.23. The molecule has 0 aliphatic rings. The number of amides is 1. The standard InChI is InChI=1S/C8H6Cl2NO/c9-7(10)8(12)11-6-4-2-1-3-5-6/h2-5,7H,(H,11,12). The van der Waals surface area contributed by atoms with Gasteiger partial charge in [0.1, 0.15) is 0 Å². The summed E-state index contributed by atoms with van der Waals surface area (Å²) in [6, 6.07) is 9.60. The van der Waals surface area contributed by atoms with E-state index in [-0.39, 0.29) is 0 Å². The molecule has 0 saturated carbocycles. The van der Waals surface area contributed by atoms with Crippen LogP contribution in [-0.4, -0.2) is 10.7 Å². The molecule has 0 heterocycles. The van der Waals surface area contributed by atoms with E-state index in [1.165, 1.54) is 0 Å². The summed E-state index contributed by atoms with van der Waals surface area (Å²) in [5, 5.41) is 2.52. The molecule has 1 aromatic rings. The lowest BCUT2D eigenvalue weighted by molar-refractivity contribution is -0.114. The van der Waals surface area contributed by atoms with Crippen LogP contribution < -0.4 is 5.32 Å². The van der Waals surface area contributed by atoms with Crippen molar-refractivity contribution in [3.8, 4) is 0 Å². The van der Waals surface area contributed by atoms with E-state index in [0.29, 0.717) is 5.69 Å². The Hall–Kier alpha value is -0.730. The van der Waals surface area contributed by atoms with E-state index in [1.54, 1.807) is 24.3 Å². The summed E-state index contributed by atoms with van der Waals surface area (Å²) >= 11 is 10.6. The zero-order valence-corrected chi connectivity index (χ0v) is 7.56. The van der Waals surface area contributed by atoms with Crippen LogP contribution in [0.2, 0.25) is 0 Å². The molecular formula is C8H6Cl2NO. The average Bonchev–Trinajstić information content (AvgIpc) is 2.06. The van der Waals surface area contributed by atoms with Gasteiger partial charge in [0.15, 0.2) is 4.84 Å². The van der Waals surface area contributed by atoms with E-state index in [2.05, 4.69) is 11.4 Å². The van der Waals surface area contributed by atoms with Crippen LogP contribution in [0.1, 0.15) is 0 Å². The second-order valence-corrected chi connectivity index (χ2v) is 3.17. The number of carbonyl (C=O) groups excluding carboxylic acids is 1. The quantitative estimate of drug-likeness (QED) is 0.733. The first-order valence-corrected chi connectivity index (χ1v) is 4.12. The van der Waals surface area contributed by atoms with Crippen LogP contribution in [0, 0.1) is 6.07 Å². The molecule has 1 aromatic carbocycles. The van der Waals surface area contributed by atoms with Gasteiger partial charge in [0, 0.05) is 5.69 Å². The van der Waals surface area contributed by atoms with Crippen LogP contribution in [0.5, 0.6) is 0 Å². The largest absolute Gasteiger partial charge is 0.324 e. The number of alkyl halides is 2. The smallest absolute Gasteiger partial charge is 0.257 e. The first kappa shape index (κ1) is 9.36. The number of hydrogen-bond acceptors (Lipinski definition) is 1. The van der Waals surface area contributed by atoms with Crippen molar-refractivity contribution in [1.82, 2.24) is 0 Å². The molecule has 0 atom stereocenters. The van der Waals surface area contributed by atoms with Crippen molar-refractivity contribution in [2.75, 3.05) is 5.32 Å². The minimum absolute atomic E-state index is 0.426. The minimum atomic E-state index is -1.03. The average molecular weight is 203 g/mol. The van der Waals surface area contributed by atoms with Crippen molar-refractivity contribution in [2.45, 2.75) is 4.84 Å². The van der Waals surface area contributed by atoms with Gasteiger partial charge in [-0.25, -0.2) is 0 Å². The highest BCUT2D eigenvalue weighted by Gasteiger charge is 2.10. The Morgan fingerprint density at radius 2 is 2.00 bits per heavy atom. The molecule has 0 saturated heterocycles. The Morgan fingerprint density at radius 1 is 1.42 bits per heavy atom. The van der Waals surface area contributed by atoms with E-state index in [4.69, 9.17) is 23.2 Å². The Bertz CT molecular complexity index is 261. The molecule has 0 aromatic heterocycles. The lowest BCUT2D eigenvalue weighted by Crippen LogP contribution is -2.18. The highest BCUT2D eigenvalue weighted by atomic mass is 35.5. The molecule has 0 bridgehead atoms. The van der Waals surface area contributed by atoms with Crippen LogP contribution in [0.4, 0.5) is 5.69 Å². The van der Waals surface area contributed by atoms with Crippen molar-refractivity contribution >= 4 is 34.8 Å². The SMILES string of the molecule is O=C(Nc1cc[c]cc1)C(Cl)Cl. The fourth-order valence-electron chi connectivity index (χ4n) is 0.667. The fraction of sp³-hybridized carbons (Fsp3) is 0.125. The molecule has 0 fully saturated rings. The van der Waals surface area contributed by atoms with Crippen molar-refractivity contribution in [1.29, 1.82) is 0 Å². The summed E-state index contributed by atoms with van der Waals surface area (Å²) in [4.78, 5) is 9.89. The fourth-order valence-corrected chi connectivity index (χ4v) is 0.776. The van der Waals surface area contributed by atoms with E-state index >= 15 is 0 Å². The number of hydrogen-bond donors (Lipinski definition) is 1. The van der Waals surface area contributed by atoms with Gasteiger partial charge >= 0.3 is 0 Å². The third-order valence-corrected chi connectivity index (χ3v) is 1.58. The van der Waals surface area contributed by atoms with E-state index < -0.39 is 10.7 Å². The molecule has 12 heavy (non-hydrogen) atoms. The van der Waals surface area contributed by atoms with Gasteiger partial charge in [-0.1, -0.05) is 35.3 Å². The summed E-state index contributed by atoms with van der Waals surface area (Å²) in [6.07, 6.45) is 0. The lowest BCUT2D eigenvalue weighted by atomic mass is 10.3. The maximum atomic E-state index is 10.9. The number of anilines is 1. The summed E-state index contributed by atoms with van der Waals surface area (Å²) in [5.41, 5.74) is 0.657. The molecule has 2 nitrogen and oxygen atoms in total. The monoisotopic (exact) mass is 202 g/mol. The van der Waals surface area contributed by atoms with Gasteiger partial charge in [0.2, 0.25) is 0 Å². The minimum Gasteiger partial charge on any atom is -0.324 e. The number of rotatable bonds is 2. The molecule has 0 spiro atoms. The van der Waals surface area contributed by atoms with E-state index in [0.717, 1.165) is 0 Å². The molecule has 1 amide bonds. The summed E-state index contributed by atoms with van der Waals surface area (Å²) in [5.74, 6) is -0.426. The molecule has 1 radical (unpaired) electrons. The number of benzene rings is 1. The summed E-state index contributed by atoms with van der Waals surface area (Å²) in [7, 11) is 0. The van der Waals surface area contributed by atoms with Gasteiger partial charge in [-0.3, -0.25) is 4.79 Å². The van der Waals surface area contributed by atoms with Gasteiger partial charge in [0.25, 0.3) is 5.91 Å². The zero-order valence-electron chi connectivity index (χ0n) is 6.05. The molecule has 0 aliphatic heterocycles. The van der Waals surface area contributed by atoms with Gasteiger partial charge in [-0.2, -0.15) is 0 Å².